The highest BCUT2D eigenvalue weighted by molar-refractivity contribution is 5.75. The molecule has 0 bridgehead atoms. The summed E-state index contributed by atoms with van der Waals surface area (Å²) in [5.74, 6) is 0.243. The van der Waals surface area contributed by atoms with Gasteiger partial charge in [-0.3, -0.25) is 9.88 Å². The molecule has 0 saturated carbocycles. The van der Waals surface area contributed by atoms with Gasteiger partial charge in [-0.05, 0) is 38.8 Å². The fourth-order valence-corrected chi connectivity index (χ4v) is 4.72. The summed E-state index contributed by atoms with van der Waals surface area (Å²) in [6.07, 6.45) is 0.688. The fraction of sp³-hybridized carbons (Fsp3) is 0.565. The lowest BCUT2D eigenvalue weighted by Crippen LogP contribution is -2.62. The van der Waals surface area contributed by atoms with Gasteiger partial charge in [0.25, 0.3) is 0 Å². The summed E-state index contributed by atoms with van der Waals surface area (Å²) in [6.45, 7) is 7.36. The maximum atomic E-state index is 13.1. The molecule has 2 amide bonds. The van der Waals surface area contributed by atoms with Crippen LogP contribution in [0.15, 0.2) is 36.8 Å². The monoisotopic (exact) mass is 477 g/mol. The van der Waals surface area contributed by atoms with Crippen molar-refractivity contribution in [2.75, 3.05) is 31.1 Å². The van der Waals surface area contributed by atoms with E-state index in [2.05, 4.69) is 25.2 Å². The van der Waals surface area contributed by atoms with Gasteiger partial charge in [0, 0.05) is 69.4 Å². The molecule has 34 heavy (non-hydrogen) atoms. The van der Waals surface area contributed by atoms with Crippen LogP contribution in [0, 0.1) is 0 Å². The van der Waals surface area contributed by atoms with Gasteiger partial charge in [0.15, 0.2) is 0 Å². The Bertz CT molecular complexity index is 937. The second-order valence-electron chi connectivity index (χ2n) is 9.10. The van der Waals surface area contributed by atoms with Crippen LogP contribution in [0.25, 0.3) is 0 Å². The molecule has 2 aromatic heterocycles. The second-order valence-corrected chi connectivity index (χ2v) is 9.10. The van der Waals surface area contributed by atoms with E-state index in [9.17, 15) is 18.0 Å². The number of pyridine rings is 1. The van der Waals surface area contributed by atoms with Crippen molar-refractivity contribution >= 4 is 12.0 Å². The first kappa shape index (κ1) is 24.2. The normalized spacial score (nSPS) is 22.6. The third kappa shape index (κ3) is 5.75. The van der Waals surface area contributed by atoms with E-state index in [1.54, 1.807) is 6.20 Å². The van der Waals surface area contributed by atoms with Crippen molar-refractivity contribution in [1.29, 1.82) is 0 Å². The molecule has 1 N–H and O–H groups in total. The minimum absolute atomic E-state index is 0.101. The third-order valence-corrected chi connectivity index (χ3v) is 6.43. The first-order valence-electron chi connectivity index (χ1n) is 11.6. The van der Waals surface area contributed by atoms with Crippen molar-refractivity contribution in [3.8, 4) is 0 Å². The summed E-state index contributed by atoms with van der Waals surface area (Å²) in [7, 11) is 0. The Kier molecular flexibility index (Phi) is 7.20. The van der Waals surface area contributed by atoms with Gasteiger partial charge in [-0.25, -0.2) is 14.8 Å². The number of carbonyl (C=O) groups is 1. The lowest BCUT2D eigenvalue weighted by Gasteiger charge is -2.45. The summed E-state index contributed by atoms with van der Waals surface area (Å²) in [5.41, 5.74) is 0.170. The number of piperazine rings is 1. The van der Waals surface area contributed by atoms with E-state index in [0.29, 0.717) is 13.1 Å². The standard InChI is InChI=1S/C23H30F3N7O/c1-16-13-32(21-28-11-18(12-29-21)23(24,25)26)14-17(2)33(16)22(34)30-19-6-9-31(10-7-19)15-20-5-3-4-8-27-20/h3-5,8,11-12,16-17,19H,6-7,9-10,13-15H2,1-2H3,(H,30,34)/t16-,17+. The fourth-order valence-electron chi connectivity index (χ4n) is 4.72. The number of anilines is 1. The average Bonchev–Trinajstić information content (AvgIpc) is 2.80. The maximum absolute atomic E-state index is 13.1. The van der Waals surface area contributed by atoms with Crippen molar-refractivity contribution in [2.45, 2.75) is 57.5 Å². The quantitative estimate of drug-likeness (QED) is 0.729. The molecule has 0 unspecified atom stereocenters. The summed E-state index contributed by atoms with van der Waals surface area (Å²) >= 11 is 0. The van der Waals surface area contributed by atoms with E-state index in [1.807, 2.05) is 41.8 Å². The number of hydrogen-bond acceptors (Lipinski definition) is 6. The van der Waals surface area contributed by atoms with Gasteiger partial charge in [0.2, 0.25) is 5.95 Å². The Balaban J connectivity index is 1.28. The summed E-state index contributed by atoms with van der Waals surface area (Å²) < 4.78 is 38.4. The Morgan fingerprint density at radius 1 is 1.06 bits per heavy atom. The smallest absolute Gasteiger partial charge is 0.337 e. The number of amides is 2. The zero-order valence-corrected chi connectivity index (χ0v) is 19.4. The highest BCUT2D eigenvalue weighted by atomic mass is 19.4. The van der Waals surface area contributed by atoms with Crippen LogP contribution in [0.1, 0.15) is 37.9 Å². The minimum Gasteiger partial charge on any atom is -0.337 e. The molecule has 0 aliphatic carbocycles. The lowest BCUT2D eigenvalue weighted by atomic mass is 10.0. The van der Waals surface area contributed by atoms with Crippen LogP contribution in [0.5, 0.6) is 0 Å². The van der Waals surface area contributed by atoms with Crippen molar-refractivity contribution in [3.63, 3.8) is 0 Å². The van der Waals surface area contributed by atoms with E-state index < -0.39 is 11.7 Å². The lowest BCUT2D eigenvalue weighted by molar-refractivity contribution is -0.138. The highest BCUT2D eigenvalue weighted by Gasteiger charge is 2.36. The van der Waals surface area contributed by atoms with Gasteiger partial charge in [0.1, 0.15) is 0 Å². The predicted octanol–water partition coefficient (Wildman–Crippen LogP) is 3.16. The van der Waals surface area contributed by atoms with E-state index in [4.69, 9.17) is 0 Å². The summed E-state index contributed by atoms with van der Waals surface area (Å²) in [6, 6.07) is 5.65. The number of urea groups is 1. The Morgan fingerprint density at radius 3 is 2.26 bits per heavy atom. The number of halogens is 3. The molecule has 0 radical (unpaired) electrons. The molecule has 2 fully saturated rings. The van der Waals surface area contributed by atoms with Crippen LogP contribution in [0.2, 0.25) is 0 Å². The number of nitrogens with one attached hydrogen (secondary N) is 1. The number of alkyl halides is 3. The van der Waals surface area contributed by atoms with Crippen LogP contribution in [-0.4, -0.2) is 75.1 Å². The SMILES string of the molecule is C[C@@H]1CN(c2ncc(C(F)(F)F)cn2)C[C@H](C)N1C(=O)NC1CCN(Cc2ccccn2)CC1. The van der Waals surface area contributed by atoms with Crippen LogP contribution in [-0.2, 0) is 12.7 Å². The van der Waals surface area contributed by atoms with Gasteiger partial charge in [-0.1, -0.05) is 6.07 Å². The molecule has 2 atom stereocenters. The first-order valence-corrected chi connectivity index (χ1v) is 11.6. The molecule has 8 nitrogen and oxygen atoms in total. The second kappa shape index (κ2) is 10.1. The minimum atomic E-state index is -4.47. The van der Waals surface area contributed by atoms with Gasteiger partial charge in [-0.15, -0.1) is 0 Å². The number of aromatic nitrogens is 3. The molecule has 4 rings (SSSR count). The van der Waals surface area contributed by atoms with Crippen molar-refractivity contribution < 1.29 is 18.0 Å². The molecule has 2 aliphatic rings. The maximum Gasteiger partial charge on any atom is 0.419 e. The van der Waals surface area contributed by atoms with E-state index in [0.717, 1.165) is 50.6 Å². The number of hydrogen-bond donors (Lipinski definition) is 1. The van der Waals surface area contributed by atoms with Crippen LogP contribution in [0.4, 0.5) is 23.9 Å². The number of carbonyl (C=O) groups excluding carboxylic acids is 1. The average molecular weight is 478 g/mol. The number of nitrogens with zero attached hydrogens (tertiary/aromatic N) is 6. The van der Waals surface area contributed by atoms with E-state index in [-0.39, 0.29) is 30.1 Å². The van der Waals surface area contributed by atoms with Gasteiger partial charge >= 0.3 is 12.2 Å². The molecular weight excluding hydrogens is 447 g/mol. The molecule has 0 aromatic carbocycles. The molecule has 4 heterocycles. The summed E-state index contributed by atoms with van der Waals surface area (Å²) in [4.78, 5) is 31.3. The summed E-state index contributed by atoms with van der Waals surface area (Å²) in [5, 5.41) is 3.18. The molecule has 0 spiro atoms. The number of piperidine rings is 1. The highest BCUT2D eigenvalue weighted by Crippen LogP contribution is 2.29. The van der Waals surface area contributed by atoms with E-state index >= 15 is 0 Å². The largest absolute Gasteiger partial charge is 0.419 e. The first-order chi connectivity index (χ1) is 16.2. The van der Waals surface area contributed by atoms with Gasteiger partial charge < -0.3 is 15.1 Å². The Morgan fingerprint density at radius 2 is 1.71 bits per heavy atom. The van der Waals surface area contributed by atoms with E-state index in [1.165, 1.54) is 0 Å². The van der Waals surface area contributed by atoms with Crippen LogP contribution < -0.4 is 10.2 Å². The zero-order chi connectivity index (χ0) is 24.3. The topological polar surface area (TPSA) is 77.5 Å². The molecule has 184 valence electrons. The number of rotatable bonds is 4. The molecule has 2 aliphatic heterocycles. The Hall–Kier alpha value is -2.95. The molecular formula is C23H30F3N7O. The number of likely N-dealkylation sites (tertiary alicyclic amines) is 1. The zero-order valence-electron chi connectivity index (χ0n) is 19.4. The van der Waals surface area contributed by atoms with Crippen molar-refractivity contribution in [3.05, 3.63) is 48.0 Å². The Labute approximate surface area is 197 Å². The van der Waals surface area contributed by atoms with Gasteiger partial charge in [0.05, 0.1) is 11.3 Å². The third-order valence-electron chi connectivity index (χ3n) is 6.43. The van der Waals surface area contributed by atoms with Gasteiger partial charge in [-0.2, -0.15) is 13.2 Å². The molecule has 11 heteroatoms. The van der Waals surface area contributed by atoms with Crippen LogP contribution in [0.3, 0.4) is 0 Å². The predicted molar refractivity (Wildman–Crippen MR) is 121 cm³/mol. The molecule has 2 aromatic rings. The van der Waals surface area contributed by atoms with Crippen LogP contribution >= 0.6 is 0 Å². The van der Waals surface area contributed by atoms with Crippen molar-refractivity contribution in [2.24, 2.45) is 0 Å². The van der Waals surface area contributed by atoms with Crippen molar-refractivity contribution in [1.82, 2.24) is 30.1 Å². The molecule has 2 saturated heterocycles.